The van der Waals surface area contributed by atoms with Crippen molar-refractivity contribution >= 4 is 17.6 Å². The molecule has 1 aromatic rings. The van der Waals surface area contributed by atoms with Crippen LogP contribution in [0.15, 0.2) is 18.2 Å². The quantitative estimate of drug-likeness (QED) is 0.614. The molecule has 1 aromatic carbocycles. The van der Waals surface area contributed by atoms with E-state index in [0.717, 1.165) is 0 Å². The highest BCUT2D eigenvalue weighted by Crippen LogP contribution is 2.21. The number of esters is 1. The van der Waals surface area contributed by atoms with Gasteiger partial charge in [-0.05, 0) is 31.0 Å². The molecule has 0 heterocycles. The summed E-state index contributed by atoms with van der Waals surface area (Å²) in [5.41, 5.74) is 6.25. The number of methoxy groups -OCH3 is 1. The first-order valence-electron chi connectivity index (χ1n) is 6.75. The third-order valence-corrected chi connectivity index (χ3v) is 3.17. The number of hydrogen-bond acceptors (Lipinski definition) is 5. The van der Waals surface area contributed by atoms with Gasteiger partial charge >= 0.3 is 5.97 Å². The Morgan fingerprint density at radius 3 is 2.52 bits per heavy atom. The summed E-state index contributed by atoms with van der Waals surface area (Å²) in [5, 5.41) is 2.75. The number of benzene rings is 1. The lowest BCUT2D eigenvalue weighted by atomic mass is 10.1. The van der Waals surface area contributed by atoms with Gasteiger partial charge in [0.15, 0.2) is 6.61 Å². The minimum Gasteiger partial charge on any atom is -0.496 e. The lowest BCUT2D eigenvalue weighted by Gasteiger charge is -2.17. The van der Waals surface area contributed by atoms with Crippen molar-refractivity contribution in [2.45, 2.75) is 26.8 Å². The molecule has 6 nitrogen and oxygen atoms in total. The van der Waals surface area contributed by atoms with Crippen LogP contribution in [-0.2, 0) is 9.53 Å². The first-order valence-corrected chi connectivity index (χ1v) is 6.75. The maximum Gasteiger partial charge on any atom is 0.342 e. The van der Waals surface area contributed by atoms with E-state index in [1.807, 2.05) is 20.8 Å². The van der Waals surface area contributed by atoms with Crippen LogP contribution in [0.3, 0.4) is 0 Å². The molecule has 0 aliphatic heterocycles. The molecular weight excluding hydrogens is 272 g/mol. The minimum atomic E-state index is -0.647. The van der Waals surface area contributed by atoms with Gasteiger partial charge in [-0.15, -0.1) is 0 Å². The monoisotopic (exact) mass is 294 g/mol. The Morgan fingerprint density at radius 1 is 1.29 bits per heavy atom. The van der Waals surface area contributed by atoms with Crippen molar-refractivity contribution in [2.24, 2.45) is 5.92 Å². The van der Waals surface area contributed by atoms with Crippen LogP contribution >= 0.6 is 0 Å². The van der Waals surface area contributed by atoms with E-state index in [0.29, 0.717) is 17.4 Å². The Morgan fingerprint density at radius 2 is 1.95 bits per heavy atom. The van der Waals surface area contributed by atoms with Crippen molar-refractivity contribution < 1.29 is 19.1 Å². The van der Waals surface area contributed by atoms with Gasteiger partial charge in [-0.2, -0.15) is 0 Å². The molecule has 1 rings (SSSR count). The van der Waals surface area contributed by atoms with Gasteiger partial charge < -0.3 is 20.5 Å². The molecule has 0 fully saturated rings. The van der Waals surface area contributed by atoms with Crippen LogP contribution in [0.25, 0.3) is 0 Å². The molecule has 0 saturated carbocycles. The Labute approximate surface area is 124 Å². The first-order chi connectivity index (χ1) is 9.85. The highest BCUT2D eigenvalue weighted by Gasteiger charge is 2.17. The Kier molecular flexibility index (Phi) is 6.02. The Bertz CT molecular complexity index is 514. The zero-order valence-corrected chi connectivity index (χ0v) is 12.8. The number of nitrogen functional groups attached to an aromatic ring is 1. The second-order valence-corrected chi connectivity index (χ2v) is 5.14. The molecule has 3 N–H and O–H groups in total. The largest absolute Gasteiger partial charge is 0.496 e. The zero-order chi connectivity index (χ0) is 16.0. The molecule has 0 radical (unpaired) electrons. The Hall–Kier alpha value is -2.24. The van der Waals surface area contributed by atoms with Gasteiger partial charge in [0.2, 0.25) is 0 Å². The minimum absolute atomic E-state index is 0.0121. The topological polar surface area (TPSA) is 90.7 Å². The van der Waals surface area contributed by atoms with Gasteiger partial charge in [0, 0.05) is 11.7 Å². The second kappa shape index (κ2) is 7.52. The van der Waals surface area contributed by atoms with Crippen molar-refractivity contribution in [1.29, 1.82) is 0 Å². The summed E-state index contributed by atoms with van der Waals surface area (Å²) in [5.74, 6) is -0.331. The number of ether oxygens (including phenoxy) is 2. The summed E-state index contributed by atoms with van der Waals surface area (Å²) in [6.45, 7) is 5.54. The number of carbonyl (C=O) groups excluding carboxylic acids is 2. The summed E-state index contributed by atoms with van der Waals surface area (Å²) >= 11 is 0. The van der Waals surface area contributed by atoms with Crippen LogP contribution < -0.4 is 15.8 Å². The number of hydrogen-bond donors (Lipinski definition) is 2. The van der Waals surface area contributed by atoms with E-state index in [-0.39, 0.29) is 24.1 Å². The molecule has 0 aliphatic carbocycles. The van der Waals surface area contributed by atoms with Crippen LogP contribution in [0.4, 0.5) is 5.69 Å². The van der Waals surface area contributed by atoms with Crippen molar-refractivity contribution in [3.05, 3.63) is 23.8 Å². The molecule has 6 heteroatoms. The van der Waals surface area contributed by atoms with Crippen molar-refractivity contribution in [3.8, 4) is 5.75 Å². The number of nitrogens with two attached hydrogens (primary N) is 1. The maximum atomic E-state index is 12.0. The summed E-state index contributed by atoms with van der Waals surface area (Å²) in [6.07, 6.45) is 0. The van der Waals surface area contributed by atoms with Gasteiger partial charge in [-0.1, -0.05) is 13.8 Å². The lowest BCUT2D eigenvalue weighted by Crippen LogP contribution is -2.38. The summed E-state index contributed by atoms with van der Waals surface area (Å²) in [4.78, 5) is 23.6. The van der Waals surface area contributed by atoms with E-state index in [9.17, 15) is 9.59 Å². The average Bonchev–Trinajstić information content (AvgIpc) is 2.44. The fourth-order valence-corrected chi connectivity index (χ4v) is 1.56. The molecule has 1 unspecified atom stereocenters. The van der Waals surface area contributed by atoms with E-state index in [1.165, 1.54) is 13.2 Å². The third-order valence-electron chi connectivity index (χ3n) is 3.17. The summed E-state index contributed by atoms with van der Waals surface area (Å²) < 4.78 is 10.0. The maximum absolute atomic E-state index is 12.0. The SMILES string of the molecule is COc1ccc(N)cc1C(=O)OCC(=O)NC(C)C(C)C. The number of anilines is 1. The molecule has 0 spiro atoms. The molecule has 116 valence electrons. The predicted octanol–water partition coefficient (Wildman–Crippen LogP) is 1.59. The van der Waals surface area contributed by atoms with Gasteiger partial charge in [0.1, 0.15) is 11.3 Å². The lowest BCUT2D eigenvalue weighted by molar-refractivity contribution is -0.125. The van der Waals surface area contributed by atoms with E-state index in [1.54, 1.807) is 12.1 Å². The molecule has 0 saturated heterocycles. The number of amides is 1. The molecule has 21 heavy (non-hydrogen) atoms. The molecule has 0 aliphatic rings. The van der Waals surface area contributed by atoms with Crippen molar-refractivity contribution in [1.82, 2.24) is 5.32 Å². The summed E-state index contributed by atoms with van der Waals surface area (Å²) in [6, 6.07) is 4.66. The molecule has 0 aromatic heterocycles. The third kappa shape index (κ3) is 4.98. The van der Waals surface area contributed by atoms with E-state index >= 15 is 0 Å². The van der Waals surface area contributed by atoms with Crippen LogP contribution in [0.5, 0.6) is 5.75 Å². The second-order valence-electron chi connectivity index (χ2n) is 5.14. The van der Waals surface area contributed by atoms with E-state index < -0.39 is 5.97 Å². The average molecular weight is 294 g/mol. The molecule has 1 amide bonds. The Balaban J connectivity index is 2.62. The van der Waals surface area contributed by atoms with E-state index in [2.05, 4.69) is 5.32 Å². The normalized spacial score (nSPS) is 11.9. The smallest absolute Gasteiger partial charge is 0.342 e. The van der Waals surface area contributed by atoms with Crippen LogP contribution in [0.2, 0.25) is 0 Å². The number of rotatable bonds is 6. The predicted molar refractivity (Wildman–Crippen MR) is 80.1 cm³/mol. The number of nitrogens with one attached hydrogen (secondary N) is 1. The number of carbonyl (C=O) groups is 2. The molecular formula is C15H22N2O4. The fourth-order valence-electron chi connectivity index (χ4n) is 1.56. The van der Waals surface area contributed by atoms with Gasteiger partial charge in [0.05, 0.1) is 7.11 Å². The van der Waals surface area contributed by atoms with Crippen molar-refractivity contribution in [3.63, 3.8) is 0 Å². The van der Waals surface area contributed by atoms with Crippen LogP contribution in [0.1, 0.15) is 31.1 Å². The van der Waals surface area contributed by atoms with Gasteiger partial charge in [-0.3, -0.25) is 4.79 Å². The van der Waals surface area contributed by atoms with Crippen LogP contribution in [0, 0.1) is 5.92 Å². The fraction of sp³-hybridized carbons (Fsp3) is 0.467. The van der Waals surface area contributed by atoms with Crippen molar-refractivity contribution in [2.75, 3.05) is 19.5 Å². The molecule has 1 atom stereocenters. The van der Waals surface area contributed by atoms with Crippen LogP contribution in [-0.4, -0.2) is 31.6 Å². The van der Waals surface area contributed by atoms with E-state index in [4.69, 9.17) is 15.2 Å². The standard InChI is InChI=1S/C15H22N2O4/c1-9(2)10(3)17-14(18)8-21-15(19)12-7-11(16)5-6-13(12)20-4/h5-7,9-10H,8,16H2,1-4H3,(H,17,18). The first kappa shape index (κ1) is 16.8. The van der Waals surface area contributed by atoms with Gasteiger partial charge in [0.25, 0.3) is 5.91 Å². The highest BCUT2D eigenvalue weighted by molar-refractivity contribution is 5.95. The zero-order valence-electron chi connectivity index (χ0n) is 12.8. The van der Waals surface area contributed by atoms with Gasteiger partial charge in [-0.25, -0.2) is 4.79 Å². The molecule has 0 bridgehead atoms. The summed E-state index contributed by atoms with van der Waals surface area (Å²) in [7, 11) is 1.44. The highest BCUT2D eigenvalue weighted by atomic mass is 16.5.